The topological polar surface area (TPSA) is 78.9 Å². The molecule has 204 valence electrons. The Hall–Kier alpha value is -4.17. The Bertz CT molecular complexity index is 1790. The van der Waals surface area contributed by atoms with Crippen LogP contribution in [-0.4, -0.2) is 28.6 Å². The van der Waals surface area contributed by atoms with Gasteiger partial charge in [0.1, 0.15) is 5.58 Å². The number of halogens is 1. The van der Waals surface area contributed by atoms with E-state index in [1.165, 1.54) is 4.68 Å². The van der Waals surface area contributed by atoms with Crippen molar-refractivity contribution in [3.63, 3.8) is 0 Å². The van der Waals surface area contributed by atoms with Crippen molar-refractivity contribution in [2.75, 3.05) is 6.61 Å². The van der Waals surface area contributed by atoms with Crippen LogP contribution in [0.4, 0.5) is 0 Å². The normalized spacial score (nSPS) is 12.3. The van der Waals surface area contributed by atoms with E-state index in [1.54, 1.807) is 18.3 Å². The van der Waals surface area contributed by atoms with Gasteiger partial charge in [-0.2, -0.15) is 9.78 Å². The Kier molecular flexibility index (Phi) is 8.16. The van der Waals surface area contributed by atoms with Crippen LogP contribution >= 0.6 is 15.9 Å². The molecule has 0 spiro atoms. The maximum absolute atomic E-state index is 13.7. The third-order valence-corrected chi connectivity index (χ3v) is 6.98. The van der Waals surface area contributed by atoms with Crippen LogP contribution < -0.4 is 15.0 Å². The Labute approximate surface area is 240 Å². The van der Waals surface area contributed by atoms with Gasteiger partial charge in [-0.25, -0.2) is 4.98 Å². The third kappa shape index (κ3) is 5.58. The lowest BCUT2D eigenvalue weighted by atomic mass is 10.1. The van der Waals surface area contributed by atoms with E-state index in [1.807, 2.05) is 68.5 Å². The minimum Gasteiger partial charge on any atom is -0.490 e. The van der Waals surface area contributed by atoms with Crippen LogP contribution in [0.5, 0.6) is 11.5 Å². The number of aromatic nitrogens is 2. The Morgan fingerprint density at radius 1 is 1.15 bits per heavy atom. The first-order valence-electron chi connectivity index (χ1n) is 13.2. The molecule has 0 aliphatic heterocycles. The van der Waals surface area contributed by atoms with E-state index in [9.17, 15) is 4.79 Å². The highest BCUT2D eigenvalue weighted by Gasteiger charge is 2.18. The van der Waals surface area contributed by atoms with Crippen LogP contribution in [0.1, 0.15) is 38.3 Å². The van der Waals surface area contributed by atoms with Gasteiger partial charge in [0, 0.05) is 15.4 Å². The molecule has 5 aromatic rings. The summed E-state index contributed by atoms with van der Waals surface area (Å²) < 4.78 is 20.5. The van der Waals surface area contributed by atoms with Crippen LogP contribution in [-0.2, 0) is 6.42 Å². The molecule has 0 aliphatic carbocycles. The molecule has 0 unspecified atom stereocenters. The van der Waals surface area contributed by atoms with Gasteiger partial charge in [0.2, 0.25) is 5.82 Å². The molecule has 7 nitrogen and oxygen atoms in total. The Balaban J connectivity index is 1.66. The van der Waals surface area contributed by atoms with Crippen LogP contribution in [0.2, 0.25) is 0 Å². The fraction of sp³-hybridized carbons (Fsp3) is 0.219. The molecule has 2 heterocycles. The maximum Gasteiger partial charge on any atom is 0.282 e. The predicted molar refractivity (Wildman–Crippen MR) is 164 cm³/mol. The van der Waals surface area contributed by atoms with Gasteiger partial charge in [0.25, 0.3) is 5.56 Å². The van der Waals surface area contributed by atoms with Crippen molar-refractivity contribution in [2.24, 2.45) is 5.10 Å². The first-order chi connectivity index (χ1) is 19.4. The molecule has 0 fully saturated rings. The zero-order valence-corrected chi connectivity index (χ0v) is 24.3. The summed E-state index contributed by atoms with van der Waals surface area (Å²) in [5.41, 5.74) is 2.62. The Morgan fingerprint density at radius 3 is 2.75 bits per heavy atom. The molecule has 5 rings (SSSR count). The first kappa shape index (κ1) is 27.4. The van der Waals surface area contributed by atoms with Gasteiger partial charge in [-0.3, -0.25) is 4.79 Å². The molecule has 8 heteroatoms. The summed E-state index contributed by atoms with van der Waals surface area (Å²) in [6, 6.07) is 18.6. The molecular formula is C32H30BrN3O4. The molecule has 40 heavy (non-hydrogen) atoms. The van der Waals surface area contributed by atoms with Gasteiger partial charge in [-0.15, -0.1) is 6.58 Å². The fourth-order valence-corrected chi connectivity index (χ4v) is 4.76. The van der Waals surface area contributed by atoms with Crippen molar-refractivity contribution in [3.8, 4) is 23.1 Å². The summed E-state index contributed by atoms with van der Waals surface area (Å²) in [5.74, 6) is 2.07. The largest absolute Gasteiger partial charge is 0.490 e. The first-order valence-corrected chi connectivity index (χ1v) is 14.0. The second-order valence-electron chi connectivity index (χ2n) is 9.38. The van der Waals surface area contributed by atoms with Gasteiger partial charge in [0.05, 0.1) is 29.8 Å². The standard InChI is InChI=1S/C32H30BrN3O4/c1-5-10-22-15-21(16-28(38-7-3)30(22)39-20(4)6-2)19-34-36-31(35-26-12-9-8-11-25(26)32(36)37)29-18-23-17-24(33)13-14-27(23)40-29/h5,8-9,11-20H,1,6-7,10H2,2-4H3/t20-/m0/s1. The van der Waals surface area contributed by atoms with Gasteiger partial charge < -0.3 is 13.9 Å². The summed E-state index contributed by atoms with van der Waals surface area (Å²) >= 11 is 3.50. The van der Waals surface area contributed by atoms with Gasteiger partial charge in [0.15, 0.2) is 17.3 Å². The fourth-order valence-electron chi connectivity index (χ4n) is 4.39. The zero-order valence-electron chi connectivity index (χ0n) is 22.7. The summed E-state index contributed by atoms with van der Waals surface area (Å²) in [5, 5.41) is 5.97. The van der Waals surface area contributed by atoms with Crippen molar-refractivity contribution >= 4 is 44.0 Å². The molecule has 0 bridgehead atoms. The highest BCUT2D eigenvalue weighted by molar-refractivity contribution is 9.10. The summed E-state index contributed by atoms with van der Waals surface area (Å²) in [4.78, 5) is 18.4. The number of furan rings is 1. The van der Waals surface area contributed by atoms with Crippen molar-refractivity contribution in [1.29, 1.82) is 0 Å². The minimum atomic E-state index is -0.299. The molecule has 0 amide bonds. The summed E-state index contributed by atoms with van der Waals surface area (Å²) in [6.45, 7) is 10.4. The lowest BCUT2D eigenvalue weighted by Crippen LogP contribution is -2.20. The van der Waals surface area contributed by atoms with E-state index in [2.05, 4.69) is 34.5 Å². The number of nitrogens with zero attached hydrogens (tertiary/aromatic N) is 3. The Morgan fingerprint density at radius 2 is 1.98 bits per heavy atom. The average Bonchev–Trinajstić information content (AvgIpc) is 3.37. The number of allylic oxidation sites excluding steroid dienone is 1. The lowest BCUT2D eigenvalue weighted by molar-refractivity contribution is 0.201. The number of fused-ring (bicyclic) bond motifs is 2. The van der Waals surface area contributed by atoms with Crippen molar-refractivity contribution in [1.82, 2.24) is 9.66 Å². The number of rotatable bonds is 10. The zero-order chi connectivity index (χ0) is 28.2. The molecule has 0 aliphatic rings. The van der Waals surface area contributed by atoms with Crippen molar-refractivity contribution in [3.05, 3.63) is 99.3 Å². The SMILES string of the molecule is C=CCc1cc(C=Nn2c(-c3cc4cc(Br)ccc4o3)nc3ccccc3c2=O)cc(OCC)c1O[C@@H](C)CC. The van der Waals surface area contributed by atoms with E-state index in [0.29, 0.717) is 52.6 Å². The second kappa shape index (κ2) is 11.9. The lowest BCUT2D eigenvalue weighted by Gasteiger charge is -2.20. The van der Waals surface area contributed by atoms with Crippen molar-refractivity contribution < 1.29 is 13.9 Å². The number of hydrogen-bond acceptors (Lipinski definition) is 6. The van der Waals surface area contributed by atoms with Gasteiger partial charge in [-0.1, -0.05) is 41.1 Å². The highest BCUT2D eigenvalue weighted by atomic mass is 79.9. The van der Waals surface area contributed by atoms with Gasteiger partial charge >= 0.3 is 0 Å². The third-order valence-electron chi connectivity index (χ3n) is 6.49. The van der Waals surface area contributed by atoms with E-state index in [4.69, 9.17) is 18.9 Å². The smallest absolute Gasteiger partial charge is 0.282 e. The summed E-state index contributed by atoms with van der Waals surface area (Å²) in [7, 11) is 0. The maximum atomic E-state index is 13.7. The predicted octanol–water partition coefficient (Wildman–Crippen LogP) is 7.76. The quantitative estimate of drug-likeness (QED) is 0.121. The molecule has 0 saturated carbocycles. The number of hydrogen-bond donors (Lipinski definition) is 0. The van der Waals surface area contributed by atoms with E-state index >= 15 is 0 Å². The van der Waals surface area contributed by atoms with Gasteiger partial charge in [-0.05, 0) is 80.8 Å². The highest BCUT2D eigenvalue weighted by Crippen LogP contribution is 2.35. The molecule has 3 aromatic carbocycles. The molecule has 0 radical (unpaired) electrons. The molecule has 2 aromatic heterocycles. The number of benzene rings is 3. The van der Waals surface area contributed by atoms with Crippen LogP contribution in [0.25, 0.3) is 33.5 Å². The minimum absolute atomic E-state index is 0.0246. The van der Waals surface area contributed by atoms with Crippen LogP contribution in [0, 0.1) is 0 Å². The van der Waals surface area contributed by atoms with E-state index in [0.717, 1.165) is 27.4 Å². The summed E-state index contributed by atoms with van der Waals surface area (Å²) in [6.07, 6.45) is 4.93. The van der Waals surface area contributed by atoms with Crippen molar-refractivity contribution in [2.45, 2.75) is 39.7 Å². The second-order valence-corrected chi connectivity index (χ2v) is 10.3. The number of para-hydroxylation sites is 1. The molecule has 1 atom stereocenters. The van der Waals surface area contributed by atoms with Crippen LogP contribution in [0.3, 0.4) is 0 Å². The van der Waals surface area contributed by atoms with E-state index in [-0.39, 0.29) is 11.7 Å². The monoisotopic (exact) mass is 599 g/mol. The van der Waals surface area contributed by atoms with Crippen LogP contribution in [0.15, 0.2) is 92.1 Å². The molecule has 0 N–H and O–H groups in total. The van der Waals surface area contributed by atoms with E-state index < -0.39 is 0 Å². The molecular weight excluding hydrogens is 570 g/mol. The average molecular weight is 601 g/mol. The molecule has 0 saturated heterocycles. The number of ether oxygens (including phenoxy) is 2.